The summed E-state index contributed by atoms with van der Waals surface area (Å²) < 4.78 is 1.82. The lowest BCUT2D eigenvalue weighted by atomic mass is 9.92. The third-order valence-electron chi connectivity index (χ3n) is 8.59. The monoisotopic (exact) mass is 641 g/mol. The quantitative estimate of drug-likeness (QED) is 0.183. The summed E-state index contributed by atoms with van der Waals surface area (Å²) in [5.41, 5.74) is 7.23. The van der Waals surface area contributed by atoms with Crippen molar-refractivity contribution in [2.24, 2.45) is 5.92 Å². The maximum Gasteiger partial charge on any atom is 0.265 e. The van der Waals surface area contributed by atoms with E-state index < -0.39 is 0 Å². The lowest BCUT2D eigenvalue weighted by Gasteiger charge is -2.37. The molecule has 3 heterocycles. The normalized spacial score (nSPS) is 15.0. The van der Waals surface area contributed by atoms with E-state index in [1.807, 2.05) is 60.2 Å². The Labute approximate surface area is 276 Å². The van der Waals surface area contributed by atoms with Crippen molar-refractivity contribution in [3.63, 3.8) is 0 Å². The van der Waals surface area contributed by atoms with E-state index in [0.29, 0.717) is 32.8 Å². The highest BCUT2D eigenvalue weighted by atomic mass is 35.5. The van der Waals surface area contributed by atoms with Crippen LogP contribution in [0.2, 0.25) is 5.02 Å². The summed E-state index contributed by atoms with van der Waals surface area (Å²) in [5.74, 6) is 0.472. The third-order valence-corrected chi connectivity index (χ3v) is 9.72. The molecule has 1 unspecified atom stereocenters. The van der Waals surface area contributed by atoms with Gasteiger partial charge in [0.2, 0.25) is 0 Å². The summed E-state index contributed by atoms with van der Waals surface area (Å²) >= 11 is 7.57. The van der Waals surface area contributed by atoms with Crippen LogP contribution in [0, 0.1) is 5.92 Å². The Hall–Kier alpha value is -3.48. The van der Waals surface area contributed by atoms with Gasteiger partial charge in [0.15, 0.2) is 0 Å². The van der Waals surface area contributed by atoms with E-state index in [1.165, 1.54) is 11.3 Å². The van der Waals surface area contributed by atoms with Crippen LogP contribution in [0.15, 0.2) is 64.3 Å². The first-order chi connectivity index (χ1) is 21.6. The fourth-order valence-electron chi connectivity index (χ4n) is 6.46. The zero-order chi connectivity index (χ0) is 32.2. The molecule has 1 saturated heterocycles. The summed E-state index contributed by atoms with van der Waals surface area (Å²) in [7, 11) is 0. The maximum absolute atomic E-state index is 14.8. The number of pyridine rings is 1. The van der Waals surface area contributed by atoms with Crippen molar-refractivity contribution in [3.8, 4) is 27.5 Å². The SMILES string of the molecule is CCc1cccc(CC)c1-n1c(C=C(C)C)c(C(=O)N2CCCCC2CC(C)C)cc(-c2nc(-c3ccc(Cl)cc3)cs2)c1=O. The number of aryl methyl sites for hydroxylation is 2. The van der Waals surface area contributed by atoms with Crippen molar-refractivity contribution in [1.29, 1.82) is 0 Å². The number of halogens is 1. The standard InChI is InChI=1S/C38H44ClN3O2S/c1-7-26-12-11-13-27(8-2)35(26)42-34(21-25(5)6)31(37(43)41-19-10-9-14-30(41)20-24(3)4)22-32(38(42)44)36-40-33(23-45-36)28-15-17-29(39)18-16-28/h11-13,15-18,21-24,30H,7-10,14,19-20H2,1-6H3. The number of benzene rings is 2. The first-order valence-electron chi connectivity index (χ1n) is 16.2. The molecule has 0 aliphatic carbocycles. The number of aromatic nitrogens is 2. The highest BCUT2D eigenvalue weighted by Gasteiger charge is 2.32. The van der Waals surface area contributed by atoms with Gasteiger partial charge in [-0.3, -0.25) is 14.2 Å². The van der Waals surface area contributed by atoms with Crippen molar-refractivity contribution >= 4 is 34.9 Å². The molecule has 1 aliphatic heterocycles. The molecular weight excluding hydrogens is 598 g/mol. The predicted molar refractivity (Wildman–Crippen MR) is 190 cm³/mol. The number of amides is 1. The molecule has 45 heavy (non-hydrogen) atoms. The number of nitrogens with zero attached hydrogens (tertiary/aromatic N) is 3. The van der Waals surface area contributed by atoms with Gasteiger partial charge < -0.3 is 4.90 Å². The number of hydrogen-bond donors (Lipinski definition) is 0. The van der Waals surface area contributed by atoms with Crippen LogP contribution in [-0.2, 0) is 12.8 Å². The predicted octanol–water partition coefficient (Wildman–Crippen LogP) is 9.87. The summed E-state index contributed by atoms with van der Waals surface area (Å²) in [6.45, 7) is 13.4. The van der Waals surface area contributed by atoms with Crippen LogP contribution in [0.25, 0.3) is 33.6 Å². The average molecular weight is 642 g/mol. The van der Waals surface area contributed by atoms with E-state index in [9.17, 15) is 9.59 Å². The second kappa shape index (κ2) is 14.3. The lowest BCUT2D eigenvalue weighted by molar-refractivity contribution is 0.0583. The van der Waals surface area contributed by atoms with E-state index in [1.54, 1.807) is 0 Å². The second-order valence-corrected chi connectivity index (χ2v) is 14.0. The molecule has 0 saturated carbocycles. The average Bonchev–Trinajstić information content (AvgIpc) is 3.51. The number of carbonyl (C=O) groups is 1. The van der Waals surface area contributed by atoms with Crippen LogP contribution in [0.1, 0.15) is 94.4 Å². The largest absolute Gasteiger partial charge is 0.336 e. The van der Waals surface area contributed by atoms with Crippen molar-refractivity contribution in [3.05, 3.63) is 97.2 Å². The maximum atomic E-state index is 14.8. The first-order valence-corrected chi connectivity index (χ1v) is 17.5. The lowest BCUT2D eigenvalue weighted by Crippen LogP contribution is -2.45. The molecule has 0 radical (unpaired) electrons. The number of hydrogen-bond acceptors (Lipinski definition) is 4. The highest BCUT2D eigenvalue weighted by molar-refractivity contribution is 7.13. The Morgan fingerprint density at radius 1 is 1.07 bits per heavy atom. The Kier molecular flexibility index (Phi) is 10.5. The molecular formula is C38H44ClN3O2S. The Balaban J connectivity index is 1.81. The highest BCUT2D eigenvalue weighted by Crippen LogP contribution is 2.33. The van der Waals surface area contributed by atoms with Gasteiger partial charge in [-0.1, -0.05) is 75.2 Å². The molecule has 1 amide bonds. The molecule has 2 aromatic heterocycles. The molecule has 1 atom stereocenters. The van der Waals surface area contributed by atoms with E-state index in [2.05, 4.69) is 50.8 Å². The fraction of sp³-hybridized carbons (Fsp3) is 0.395. The molecule has 0 spiro atoms. The van der Waals surface area contributed by atoms with Gasteiger partial charge >= 0.3 is 0 Å². The molecule has 236 valence electrons. The zero-order valence-corrected chi connectivity index (χ0v) is 28.9. The number of para-hydroxylation sites is 1. The third kappa shape index (κ3) is 7.02. The minimum Gasteiger partial charge on any atom is -0.336 e. The van der Waals surface area contributed by atoms with Crippen molar-refractivity contribution < 1.29 is 4.79 Å². The molecule has 4 aromatic rings. The smallest absolute Gasteiger partial charge is 0.265 e. The summed E-state index contributed by atoms with van der Waals surface area (Å²) in [4.78, 5) is 36.6. The summed E-state index contributed by atoms with van der Waals surface area (Å²) in [6.07, 6.45) is 7.61. The second-order valence-electron chi connectivity index (χ2n) is 12.7. The first kappa shape index (κ1) is 32.9. The van der Waals surface area contributed by atoms with Gasteiger partial charge in [0.1, 0.15) is 5.01 Å². The topological polar surface area (TPSA) is 55.2 Å². The van der Waals surface area contributed by atoms with Crippen LogP contribution in [0.3, 0.4) is 0 Å². The van der Waals surface area contributed by atoms with Gasteiger partial charge in [-0.05, 0) is 93.7 Å². The van der Waals surface area contributed by atoms with Crippen LogP contribution in [0.5, 0.6) is 0 Å². The minimum absolute atomic E-state index is 0.00985. The van der Waals surface area contributed by atoms with Crippen molar-refractivity contribution in [2.45, 2.75) is 86.1 Å². The van der Waals surface area contributed by atoms with Crippen LogP contribution in [-0.4, -0.2) is 32.9 Å². The number of likely N-dealkylation sites (tertiary alicyclic amines) is 1. The number of carbonyl (C=O) groups excluding carboxylic acids is 1. The van der Waals surface area contributed by atoms with Crippen molar-refractivity contribution in [2.75, 3.05) is 6.54 Å². The molecule has 0 N–H and O–H groups in total. The minimum atomic E-state index is -0.163. The Morgan fingerprint density at radius 3 is 2.38 bits per heavy atom. The number of thiazole rings is 1. The molecule has 7 heteroatoms. The number of rotatable bonds is 9. The molecule has 5 rings (SSSR count). The van der Waals surface area contributed by atoms with Crippen LogP contribution < -0.4 is 5.56 Å². The van der Waals surface area contributed by atoms with Crippen LogP contribution >= 0.6 is 22.9 Å². The fourth-order valence-corrected chi connectivity index (χ4v) is 7.42. The summed E-state index contributed by atoms with van der Waals surface area (Å²) in [6, 6.07) is 15.8. The van der Waals surface area contributed by atoms with Crippen molar-refractivity contribution in [1.82, 2.24) is 14.5 Å². The molecule has 1 fully saturated rings. The Bertz CT molecular complexity index is 1740. The van der Waals surface area contributed by atoms with E-state index in [-0.39, 0.29) is 17.5 Å². The van der Waals surface area contributed by atoms with Gasteiger partial charge in [0.05, 0.1) is 28.2 Å². The van der Waals surface area contributed by atoms with E-state index in [4.69, 9.17) is 16.6 Å². The molecule has 0 bridgehead atoms. The zero-order valence-electron chi connectivity index (χ0n) is 27.3. The molecule has 2 aromatic carbocycles. The van der Waals surface area contributed by atoms with Gasteiger partial charge in [-0.25, -0.2) is 4.98 Å². The number of allylic oxidation sites excluding steroid dienone is 1. The van der Waals surface area contributed by atoms with E-state index in [0.717, 1.165) is 78.7 Å². The van der Waals surface area contributed by atoms with Gasteiger partial charge in [0.25, 0.3) is 11.5 Å². The summed E-state index contributed by atoms with van der Waals surface area (Å²) in [5, 5.41) is 3.22. The molecule has 5 nitrogen and oxygen atoms in total. The van der Waals surface area contributed by atoms with Crippen LogP contribution in [0.4, 0.5) is 0 Å². The van der Waals surface area contributed by atoms with Gasteiger partial charge in [-0.15, -0.1) is 11.3 Å². The van der Waals surface area contributed by atoms with Gasteiger partial charge in [0, 0.05) is 28.6 Å². The van der Waals surface area contributed by atoms with Gasteiger partial charge in [-0.2, -0.15) is 0 Å². The van der Waals surface area contributed by atoms with E-state index >= 15 is 0 Å². The Morgan fingerprint density at radius 2 is 1.76 bits per heavy atom. The number of piperidine rings is 1. The molecule has 1 aliphatic rings.